The van der Waals surface area contributed by atoms with Crippen molar-refractivity contribution in [3.8, 4) is 0 Å². The van der Waals surface area contributed by atoms with Crippen molar-refractivity contribution in [1.29, 1.82) is 0 Å². The molecule has 0 saturated heterocycles. The van der Waals surface area contributed by atoms with Crippen LogP contribution in [-0.4, -0.2) is 15.5 Å². The van der Waals surface area contributed by atoms with Gasteiger partial charge in [0.05, 0.1) is 5.69 Å². The summed E-state index contributed by atoms with van der Waals surface area (Å²) in [5, 5.41) is 2.82. The molecule has 100 valence electrons. The van der Waals surface area contributed by atoms with Crippen molar-refractivity contribution in [3.05, 3.63) is 54.3 Å². The van der Waals surface area contributed by atoms with Crippen LogP contribution in [0.2, 0.25) is 0 Å². The Hall–Kier alpha value is -2.08. The Labute approximate surface area is 111 Å². The van der Waals surface area contributed by atoms with Gasteiger partial charge in [-0.15, -0.1) is 0 Å². The number of anilines is 2. The average molecular weight is 280 g/mol. The molecule has 0 aliphatic rings. The molecule has 6 heteroatoms. The maximum absolute atomic E-state index is 12.8. The Morgan fingerprint density at radius 1 is 1.00 bits per heavy atom. The fourth-order valence-electron chi connectivity index (χ4n) is 1.64. The lowest BCUT2D eigenvalue weighted by molar-refractivity contribution is 0.601. The highest BCUT2D eigenvalue weighted by Crippen LogP contribution is 2.23. The highest BCUT2D eigenvalue weighted by molar-refractivity contribution is 7.92. The molecule has 0 aromatic heterocycles. The third-order valence-corrected chi connectivity index (χ3v) is 3.98. The Bertz CT molecular complexity index is 669. The van der Waals surface area contributed by atoms with Crippen LogP contribution >= 0.6 is 0 Å². The predicted molar refractivity (Wildman–Crippen MR) is 73.2 cm³/mol. The number of benzene rings is 2. The molecule has 2 N–H and O–H groups in total. The van der Waals surface area contributed by atoms with Crippen molar-refractivity contribution in [2.45, 2.75) is 4.90 Å². The summed E-state index contributed by atoms with van der Waals surface area (Å²) >= 11 is 0. The van der Waals surface area contributed by atoms with Gasteiger partial charge in [0.25, 0.3) is 10.0 Å². The Morgan fingerprint density at radius 2 is 1.63 bits per heavy atom. The number of hydrogen-bond donors (Lipinski definition) is 2. The highest BCUT2D eigenvalue weighted by Gasteiger charge is 2.17. The lowest BCUT2D eigenvalue weighted by Crippen LogP contribution is -2.14. The molecule has 2 rings (SSSR count). The number of rotatable bonds is 4. The van der Waals surface area contributed by atoms with E-state index in [2.05, 4.69) is 10.0 Å². The summed E-state index contributed by atoms with van der Waals surface area (Å²) < 4.78 is 39.6. The molecule has 2 aromatic carbocycles. The molecule has 0 aliphatic heterocycles. The largest absolute Gasteiger partial charge is 0.387 e. The molecule has 0 heterocycles. The first kappa shape index (κ1) is 13.4. The van der Waals surface area contributed by atoms with Gasteiger partial charge < -0.3 is 5.32 Å². The van der Waals surface area contributed by atoms with E-state index in [1.807, 2.05) is 0 Å². The fourth-order valence-corrected chi connectivity index (χ4v) is 2.91. The van der Waals surface area contributed by atoms with E-state index in [1.165, 1.54) is 30.3 Å². The van der Waals surface area contributed by atoms with E-state index in [4.69, 9.17) is 0 Å². The molecule has 0 bridgehead atoms. The van der Waals surface area contributed by atoms with Gasteiger partial charge in [0, 0.05) is 12.7 Å². The first-order chi connectivity index (χ1) is 9.03. The normalized spacial score (nSPS) is 11.1. The number of para-hydroxylation sites is 1. The second-order valence-electron chi connectivity index (χ2n) is 3.86. The zero-order chi connectivity index (χ0) is 13.9. The van der Waals surface area contributed by atoms with Gasteiger partial charge in [-0.05, 0) is 36.4 Å². The van der Waals surface area contributed by atoms with Crippen molar-refractivity contribution >= 4 is 21.4 Å². The molecule has 0 radical (unpaired) electrons. The summed E-state index contributed by atoms with van der Waals surface area (Å²) in [5.74, 6) is -0.418. The van der Waals surface area contributed by atoms with E-state index in [9.17, 15) is 12.8 Å². The van der Waals surface area contributed by atoms with Gasteiger partial charge in [-0.25, -0.2) is 12.8 Å². The molecule has 19 heavy (non-hydrogen) atoms. The topological polar surface area (TPSA) is 58.2 Å². The van der Waals surface area contributed by atoms with Crippen LogP contribution in [0, 0.1) is 5.82 Å². The average Bonchev–Trinajstić information content (AvgIpc) is 2.41. The van der Waals surface area contributed by atoms with Crippen LogP contribution in [0.5, 0.6) is 0 Å². The first-order valence-corrected chi connectivity index (χ1v) is 7.06. The van der Waals surface area contributed by atoms with Crippen molar-refractivity contribution in [2.24, 2.45) is 0 Å². The van der Waals surface area contributed by atoms with Crippen LogP contribution in [0.15, 0.2) is 53.4 Å². The number of hydrogen-bond acceptors (Lipinski definition) is 3. The molecule has 0 fully saturated rings. The summed E-state index contributed by atoms with van der Waals surface area (Å²) in [6.07, 6.45) is 0. The van der Waals surface area contributed by atoms with Gasteiger partial charge in [0.1, 0.15) is 10.7 Å². The standard InChI is InChI=1S/C13H13FN2O2S/c1-15-12-4-2-3-5-13(12)19(17,18)16-11-8-6-10(14)7-9-11/h2-9,15-16H,1H3. The van der Waals surface area contributed by atoms with Crippen molar-refractivity contribution < 1.29 is 12.8 Å². The lowest BCUT2D eigenvalue weighted by Gasteiger charge is -2.11. The van der Waals surface area contributed by atoms with E-state index in [-0.39, 0.29) is 4.90 Å². The molecule has 2 aromatic rings. The zero-order valence-corrected chi connectivity index (χ0v) is 11.0. The molecule has 0 amide bonds. The summed E-state index contributed by atoms with van der Waals surface area (Å²) in [4.78, 5) is 0.141. The van der Waals surface area contributed by atoms with Crippen LogP contribution in [0.25, 0.3) is 0 Å². The Kier molecular flexibility index (Phi) is 3.71. The van der Waals surface area contributed by atoms with Crippen LogP contribution in [-0.2, 0) is 10.0 Å². The highest BCUT2D eigenvalue weighted by atomic mass is 32.2. The summed E-state index contributed by atoms with van der Waals surface area (Å²) in [5.41, 5.74) is 0.810. The second-order valence-corrected chi connectivity index (χ2v) is 5.51. The summed E-state index contributed by atoms with van der Waals surface area (Å²) in [7, 11) is -2.06. The van der Waals surface area contributed by atoms with Gasteiger partial charge in [0.2, 0.25) is 0 Å². The molecule has 0 atom stereocenters. The second kappa shape index (κ2) is 5.27. The van der Waals surface area contributed by atoms with Crippen molar-refractivity contribution in [2.75, 3.05) is 17.1 Å². The van der Waals surface area contributed by atoms with Crippen molar-refractivity contribution in [1.82, 2.24) is 0 Å². The molecule has 0 aliphatic carbocycles. The van der Waals surface area contributed by atoms with E-state index in [0.717, 1.165) is 0 Å². The van der Waals surface area contributed by atoms with Gasteiger partial charge in [-0.1, -0.05) is 12.1 Å². The third-order valence-electron chi connectivity index (χ3n) is 2.54. The summed E-state index contributed by atoms with van der Waals surface area (Å²) in [6.45, 7) is 0. The maximum atomic E-state index is 12.8. The minimum atomic E-state index is -3.70. The van der Waals surface area contributed by atoms with Crippen LogP contribution in [0.1, 0.15) is 0 Å². The van der Waals surface area contributed by atoms with Crippen LogP contribution < -0.4 is 10.0 Å². The summed E-state index contributed by atoms with van der Waals surface area (Å²) in [6, 6.07) is 11.7. The monoisotopic (exact) mass is 280 g/mol. The number of nitrogens with one attached hydrogen (secondary N) is 2. The predicted octanol–water partition coefficient (Wildman–Crippen LogP) is 2.67. The molecular formula is C13H13FN2O2S. The smallest absolute Gasteiger partial charge is 0.263 e. The quantitative estimate of drug-likeness (QED) is 0.905. The van der Waals surface area contributed by atoms with Crippen LogP contribution in [0.3, 0.4) is 0 Å². The van der Waals surface area contributed by atoms with Gasteiger partial charge in [-0.3, -0.25) is 4.72 Å². The zero-order valence-electron chi connectivity index (χ0n) is 10.2. The van der Waals surface area contributed by atoms with E-state index < -0.39 is 15.8 Å². The van der Waals surface area contributed by atoms with Crippen LogP contribution in [0.4, 0.5) is 15.8 Å². The Balaban J connectivity index is 2.35. The van der Waals surface area contributed by atoms with E-state index >= 15 is 0 Å². The number of halogens is 1. The lowest BCUT2D eigenvalue weighted by atomic mass is 10.3. The molecule has 4 nitrogen and oxygen atoms in total. The molecule has 0 spiro atoms. The molecule has 0 unspecified atom stereocenters. The SMILES string of the molecule is CNc1ccccc1S(=O)(=O)Nc1ccc(F)cc1. The van der Waals surface area contributed by atoms with Gasteiger partial charge in [0.15, 0.2) is 0 Å². The number of sulfonamides is 1. The van der Waals surface area contributed by atoms with Gasteiger partial charge in [-0.2, -0.15) is 0 Å². The molecule has 0 saturated carbocycles. The third kappa shape index (κ3) is 3.03. The van der Waals surface area contributed by atoms with Crippen molar-refractivity contribution in [3.63, 3.8) is 0 Å². The minimum Gasteiger partial charge on any atom is -0.387 e. The Morgan fingerprint density at radius 3 is 2.26 bits per heavy atom. The minimum absolute atomic E-state index is 0.141. The van der Waals surface area contributed by atoms with Gasteiger partial charge >= 0.3 is 0 Å². The van der Waals surface area contributed by atoms with E-state index in [0.29, 0.717) is 11.4 Å². The fraction of sp³-hybridized carbons (Fsp3) is 0.0769. The van der Waals surface area contributed by atoms with E-state index in [1.54, 1.807) is 25.2 Å². The molecular weight excluding hydrogens is 267 g/mol. The first-order valence-electron chi connectivity index (χ1n) is 5.58. The maximum Gasteiger partial charge on any atom is 0.263 e.